The molecular formula is C12H24N2O2. The molecule has 0 radical (unpaired) electrons. The van der Waals surface area contributed by atoms with Crippen LogP contribution >= 0.6 is 0 Å². The third-order valence-corrected chi connectivity index (χ3v) is 3.17. The molecule has 0 aliphatic carbocycles. The third-order valence-electron chi connectivity index (χ3n) is 3.17. The second-order valence-corrected chi connectivity index (χ2v) is 5.62. The summed E-state index contributed by atoms with van der Waals surface area (Å²) in [6.07, 6.45) is 3.52. The largest absolute Gasteiger partial charge is 0.396 e. The van der Waals surface area contributed by atoms with Crippen LogP contribution in [0.4, 0.5) is 0 Å². The van der Waals surface area contributed by atoms with Gasteiger partial charge in [-0.1, -0.05) is 27.2 Å². The van der Waals surface area contributed by atoms with E-state index in [2.05, 4.69) is 5.43 Å². The van der Waals surface area contributed by atoms with E-state index >= 15 is 0 Å². The molecule has 1 aliphatic heterocycles. The Morgan fingerprint density at radius 1 is 1.31 bits per heavy atom. The second kappa shape index (κ2) is 5.64. The van der Waals surface area contributed by atoms with Gasteiger partial charge in [0, 0.05) is 13.1 Å². The first kappa shape index (κ1) is 13.5. The van der Waals surface area contributed by atoms with Crippen molar-refractivity contribution in [1.82, 2.24) is 10.4 Å². The van der Waals surface area contributed by atoms with Crippen molar-refractivity contribution in [2.24, 2.45) is 11.3 Å². The Kier molecular flexibility index (Phi) is 4.74. The molecule has 2 N–H and O–H groups in total. The summed E-state index contributed by atoms with van der Waals surface area (Å²) in [4.78, 5) is 12.0. The molecule has 1 rings (SSSR count). The number of aliphatic hydroxyl groups is 1. The molecule has 16 heavy (non-hydrogen) atoms. The number of nitrogens with zero attached hydrogens (tertiary/aromatic N) is 1. The summed E-state index contributed by atoms with van der Waals surface area (Å²) in [5.74, 6) is -0.397. The van der Waals surface area contributed by atoms with Crippen LogP contribution in [0.15, 0.2) is 0 Å². The average Bonchev–Trinajstić information content (AvgIpc) is 2.17. The molecule has 0 aromatic rings. The Hall–Kier alpha value is -0.610. The highest BCUT2D eigenvalue weighted by Crippen LogP contribution is 2.25. The Labute approximate surface area is 98.0 Å². The van der Waals surface area contributed by atoms with Gasteiger partial charge in [0.15, 0.2) is 0 Å². The van der Waals surface area contributed by atoms with Crippen molar-refractivity contribution in [3.63, 3.8) is 0 Å². The highest BCUT2D eigenvalue weighted by Gasteiger charge is 2.31. The minimum absolute atomic E-state index is 0.0584. The van der Waals surface area contributed by atoms with Crippen LogP contribution in [0, 0.1) is 11.3 Å². The summed E-state index contributed by atoms with van der Waals surface area (Å²) >= 11 is 0. The fourth-order valence-electron chi connectivity index (χ4n) is 1.99. The second-order valence-electron chi connectivity index (χ2n) is 5.62. The van der Waals surface area contributed by atoms with Gasteiger partial charge >= 0.3 is 0 Å². The Balaban J connectivity index is 2.48. The van der Waals surface area contributed by atoms with Crippen molar-refractivity contribution < 1.29 is 9.90 Å². The van der Waals surface area contributed by atoms with Crippen LogP contribution in [0.1, 0.15) is 40.0 Å². The average molecular weight is 228 g/mol. The highest BCUT2D eigenvalue weighted by molar-refractivity contribution is 5.79. The van der Waals surface area contributed by atoms with Gasteiger partial charge in [-0.25, -0.2) is 5.01 Å². The normalized spacial score (nSPS) is 20.5. The summed E-state index contributed by atoms with van der Waals surface area (Å²) < 4.78 is 0. The Bertz CT molecular complexity index is 230. The van der Waals surface area contributed by atoms with Gasteiger partial charge in [-0.3, -0.25) is 10.2 Å². The van der Waals surface area contributed by atoms with Crippen molar-refractivity contribution in [1.29, 1.82) is 0 Å². The standard InChI is InChI=1S/C12H24N2O2/c1-12(2,3)10(9-15)11(16)13-14-7-5-4-6-8-14/h10,15H,4-9H2,1-3H3,(H,13,16). The van der Waals surface area contributed by atoms with E-state index in [4.69, 9.17) is 0 Å². The number of aliphatic hydroxyl groups excluding tert-OH is 1. The molecule has 1 atom stereocenters. The van der Waals surface area contributed by atoms with E-state index in [1.165, 1.54) is 6.42 Å². The molecule has 1 amide bonds. The first-order valence-corrected chi connectivity index (χ1v) is 6.11. The number of hydrazine groups is 1. The summed E-state index contributed by atoms with van der Waals surface area (Å²) in [5, 5.41) is 11.3. The molecular weight excluding hydrogens is 204 g/mol. The first-order valence-electron chi connectivity index (χ1n) is 6.11. The lowest BCUT2D eigenvalue weighted by Crippen LogP contribution is -2.50. The molecule has 1 fully saturated rings. The van der Waals surface area contributed by atoms with Crippen molar-refractivity contribution >= 4 is 5.91 Å². The van der Waals surface area contributed by atoms with E-state index in [1.54, 1.807) is 0 Å². The smallest absolute Gasteiger partial charge is 0.240 e. The molecule has 4 heteroatoms. The first-order chi connectivity index (χ1) is 7.45. The van der Waals surface area contributed by atoms with Gasteiger partial charge in [-0.2, -0.15) is 0 Å². The topological polar surface area (TPSA) is 52.6 Å². The maximum Gasteiger partial charge on any atom is 0.240 e. The Morgan fingerprint density at radius 2 is 1.88 bits per heavy atom. The molecule has 1 aliphatic rings. The third kappa shape index (κ3) is 3.76. The fraction of sp³-hybridized carbons (Fsp3) is 0.917. The lowest BCUT2D eigenvalue weighted by Gasteiger charge is -2.32. The predicted molar refractivity (Wildman–Crippen MR) is 63.6 cm³/mol. The summed E-state index contributed by atoms with van der Waals surface area (Å²) in [7, 11) is 0. The summed E-state index contributed by atoms with van der Waals surface area (Å²) in [6.45, 7) is 7.68. The van der Waals surface area contributed by atoms with Crippen LogP contribution in [-0.4, -0.2) is 35.7 Å². The summed E-state index contributed by atoms with van der Waals surface area (Å²) in [6, 6.07) is 0. The molecule has 0 saturated carbocycles. The zero-order valence-electron chi connectivity index (χ0n) is 10.6. The lowest BCUT2D eigenvalue weighted by atomic mass is 9.81. The predicted octanol–water partition coefficient (Wildman–Crippen LogP) is 1.16. The van der Waals surface area contributed by atoms with Crippen LogP contribution in [0.3, 0.4) is 0 Å². The quantitative estimate of drug-likeness (QED) is 0.762. The zero-order valence-corrected chi connectivity index (χ0v) is 10.6. The van der Waals surface area contributed by atoms with E-state index in [1.807, 2.05) is 25.8 Å². The van der Waals surface area contributed by atoms with E-state index in [0.29, 0.717) is 0 Å². The van der Waals surface area contributed by atoms with Crippen LogP contribution in [0.5, 0.6) is 0 Å². The van der Waals surface area contributed by atoms with Gasteiger partial charge in [0.25, 0.3) is 0 Å². The maximum atomic E-state index is 12.0. The number of rotatable bonds is 3. The van der Waals surface area contributed by atoms with Crippen LogP contribution in [0.25, 0.3) is 0 Å². The number of hydrogen-bond acceptors (Lipinski definition) is 3. The maximum absolute atomic E-state index is 12.0. The van der Waals surface area contributed by atoms with Crippen molar-refractivity contribution in [3.8, 4) is 0 Å². The molecule has 0 aromatic heterocycles. The number of nitrogens with one attached hydrogen (secondary N) is 1. The van der Waals surface area contributed by atoms with Gasteiger partial charge in [0.05, 0.1) is 12.5 Å². The summed E-state index contributed by atoms with van der Waals surface area (Å²) in [5.41, 5.74) is 2.71. The molecule has 0 bridgehead atoms. The van der Waals surface area contributed by atoms with Crippen molar-refractivity contribution in [2.45, 2.75) is 40.0 Å². The number of hydrogen-bond donors (Lipinski definition) is 2. The monoisotopic (exact) mass is 228 g/mol. The minimum atomic E-state index is -0.338. The minimum Gasteiger partial charge on any atom is -0.396 e. The molecule has 0 aromatic carbocycles. The van der Waals surface area contributed by atoms with Gasteiger partial charge in [-0.15, -0.1) is 0 Å². The molecule has 1 unspecified atom stereocenters. The zero-order chi connectivity index (χ0) is 12.2. The number of piperidine rings is 1. The molecule has 1 heterocycles. The van der Waals surface area contributed by atoms with Crippen molar-refractivity contribution in [2.75, 3.05) is 19.7 Å². The molecule has 1 saturated heterocycles. The van der Waals surface area contributed by atoms with Crippen LogP contribution in [-0.2, 0) is 4.79 Å². The number of carbonyl (C=O) groups is 1. The SMILES string of the molecule is CC(C)(C)C(CO)C(=O)NN1CCCCC1. The lowest BCUT2D eigenvalue weighted by molar-refractivity contribution is -0.135. The van der Waals surface area contributed by atoms with Gasteiger partial charge in [0.2, 0.25) is 5.91 Å². The number of carbonyl (C=O) groups excluding carboxylic acids is 1. The van der Waals surface area contributed by atoms with Crippen LogP contribution in [0.2, 0.25) is 0 Å². The van der Waals surface area contributed by atoms with Gasteiger partial charge in [0.1, 0.15) is 0 Å². The van der Waals surface area contributed by atoms with Gasteiger partial charge < -0.3 is 5.11 Å². The van der Waals surface area contributed by atoms with Crippen molar-refractivity contribution in [3.05, 3.63) is 0 Å². The number of amides is 1. The molecule has 0 spiro atoms. The van der Waals surface area contributed by atoms with E-state index in [0.717, 1.165) is 25.9 Å². The highest BCUT2D eigenvalue weighted by atomic mass is 16.3. The van der Waals surface area contributed by atoms with Crippen LogP contribution < -0.4 is 5.43 Å². The molecule has 4 nitrogen and oxygen atoms in total. The van der Waals surface area contributed by atoms with Gasteiger partial charge in [-0.05, 0) is 18.3 Å². The van der Waals surface area contributed by atoms with E-state index < -0.39 is 0 Å². The fourth-order valence-corrected chi connectivity index (χ4v) is 1.99. The molecule has 94 valence electrons. The van der Waals surface area contributed by atoms with E-state index in [-0.39, 0.29) is 23.8 Å². The Morgan fingerprint density at radius 3 is 2.31 bits per heavy atom. The van der Waals surface area contributed by atoms with E-state index in [9.17, 15) is 9.90 Å².